The summed E-state index contributed by atoms with van der Waals surface area (Å²) in [4.78, 5) is 13.0. The van der Waals surface area contributed by atoms with Gasteiger partial charge in [0.1, 0.15) is 0 Å². The van der Waals surface area contributed by atoms with Crippen molar-refractivity contribution in [3.05, 3.63) is 30.0 Å². The fraction of sp³-hybridized carbons (Fsp3) is 0.385. The SMILES string of the molecule is CC(=O)N1CC(n2cc3ccc(C)cc3n2)C1. The van der Waals surface area contributed by atoms with Crippen LogP contribution in [0.2, 0.25) is 0 Å². The third kappa shape index (κ3) is 1.69. The molecule has 0 N–H and O–H groups in total. The second kappa shape index (κ2) is 3.58. The van der Waals surface area contributed by atoms with E-state index < -0.39 is 0 Å². The van der Waals surface area contributed by atoms with Crippen LogP contribution < -0.4 is 0 Å². The molecule has 0 atom stereocenters. The van der Waals surface area contributed by atoms with E-state index in [0.29, 0.717) is 6.04 Å². The highest BCUT2D eigenvalue weighted by Gasteiger charge is 2.30. The van der Waals surface area contributed by atoms with Gasteiger partial charge in [0.2, 0.25) is 5.91 Å². The number of aromatic nitrogens is 2. The number of carbonyl (C=O) groups is 1. The van der Waals surface area contributed by atoms with E-state index in [1.165, 1.54) is 5.56 Å². The Labute approximate surface area is 99.8 Å². The highest BCUT2D eigenvalue weighted by atomic mass is 16.2. The van der Waals surface area contributed by atoms with E-state index in [0.717, 1.165) is 24.0 Å². The van der Waals surface area contributed by atoms with Crippen LogP contribution in [-0.2, 0) is 4.79 Å². The van der Waals surface area contributed by atoms with Gasteiger partial charge in [-0.3, -0.25) is 9.48 Å². The van der Waals surface area contributed by atoms with Crippen molar-refractivity contribution in [2.75, 3.05) is 13.1 Å². The Kier molecular flexibility index (Phi) is 2.18. The van der Waals surface area contributed by atoms with Crippen molar-refractivity contribution in [2.45, 2.75) is 19.9 Å². The molecule has 88 valence electrons. The Balaban J connectivity index is 1.85. The average Bonchev–Trinajstić information content (AvgIpc) is 2.56. The van der Waals surface area contributed by atoms with Gasteiger partial charge >= 0.3 is 0 Å². The van der Waals surface area contributed by atoms with E-state index in [9.17, 15) is 4.79 Å². The number of carbonyl (C=O) groups excluding carboxylic acids is 1. The molecule has 2 aromatic rings. The van der Waals surface area contributed by atoms with Gasteiger partial charge in [-0.15, -0.1) is 0 Å². The molecule has 1 aliphatic rings. The fourth-order valence-electron chi connectivity index (χ4n) is 2.21. The van der Waals surface area contributed by atoms with Gasteiger partial charge in [-0.2, -0.15) is 5.10 Å². The number of nitrogens with zero attached hydrogens (tertiary/aromatic N) is 3. The lowest BCUT2D eigenvalue weighted by molar-refractivity contribution is -0.134. The second-order valence-corrected chi connectivity index (χ2v) is 4.75. The summed E-state index contributed by atoms with van der Waals surface area (Å²) in [6.07, 6.45) is 2.07. The van der Waals surface area contributed by atoms with Gasteiger partial charge in [0.05, 0.1) is 11.6 Å². The van der Waals surface area contributed by atoms with E-state index in [4.69, 9.17) is 0 Å². The molecule has 1 amide bonds. The molecule has 0 radical (unpaired) electrons. The van der Waals surface area contributed by atoms with Crippen LogP contribution in [0.4, 0.5) is 0 Å². The van der Waals surface area contributed by atoms with Crippen LogP contribution in [0, 0.1) is 6.92 Å². The van der Waals surface area contributed by atoms with E-state index in [1.54, 1.807) is 6.92 Å². The first-order valence-corrected chi connectivity index (χ1v) is 5.84. The minimum absolute atomic E-state index is 0.147. The molecule has 0 spiro atoms. The van der Waals surface area contributed by atoms with Crippen molar-refractivity contribution in [1.29, 1.82) is 0 Å². The molecular formula is C13H15N3O. The van der Waals surface area contributed by atoms with E-state index in [1.807, 2.05) is 9.58 Å². The molecule has 1 aliphatic heterocycles. The Morgan fingerprint density at radius 2 is 2.18 bits per heavy atom. The molecule has 17 heavy (non-hydrogen) atoms. The summed E-state index contributed by atoms with van der Waals surface area (Å²) in [5.41, 5.74) is 2.26. The summed E-state index contributed by atoms with van der Waals surface area (Å²) in [5, 5.41) is 5.73. The van der Waals surface area contributed by atoms with Crippen molar-refractivity contribution < 1.29 is 4.79 Å². The number of benzene rings is 1. The molecule has 0 aliphatic carbocycles. The van der Waals surface area contributed by atoms with E-state index in [-0.39, 0.29) is 5.91 Å². The number of hydrogen-bond donors (Lipinski definition) is 0. The van der Waals surface area contributed by atoms with Gasteiger partial charge < -0.3 is 4.90 Å². The third-order valence-corrected chi connectivity index (χ3v) is 3.36. The number of amides is 1. The first-order chi connectivity index (χ1) is 8.13. The predicted octanol–water partition coefficient (Wildman–Crippen LogP) is 1.75. The molecule has 0 unspecified atom stereocenters. The monoisotopic (exact) mass is 229 g/mol. The van der Waals surface area contributed by atoms with E-state index in [2.05, 4.69) is 36.4 Å². The molecular weight excluding hydrogens is 214 g/mol. The lowest BCUT2D eigenvalue weighted by Gasteiger charge is -2.38. The molecule has 0 bridgehead atoms. The summed E-state index contributed by atoms with van der Waals surface area (Å²) < 4.78 is 1.99. The van der Waals surface area contributed by atoms with Crippen LogP contribution in [0.15, 0.2) is 24.4 Å². The molecule has 4 heteroatoms. The van der Waals surface area contributed by atoms with Crippen molar-refractivity contribution >= 4 is 16.8 Å². The summed E-state index contributed by atoms with van der Waals surface area (Å²) in [6, 6.07) is 6.62. The smallest absolute Gasteiger partial charge is 0.219 e. The highest BCUT2D eigenvalue weighted by Crippen LogP contribution is 2.23. The average molecular weight is 229 g/mol. The van der Waals surface area contributed by atoms with Gasteiger partial charge in [0.15, 0.2) is 0 Å². The molecule has 1 saturated heterocycles. The largest absolute Gasteiger partial charge is 0.339 e. The highest BCUT2D eigenvalue weighted by molar-refractivity contribution is 5.78. The molecule has 2 heterocycles. The lowest BCUT2D eigenvalue weighted by atomic mass is 10.1. The number of aryl methyl sites for hydroxylation is 1. The van der Waals surface area contributed by atoms with Gasteiger partial charge in [0.25, 0.3) is 0 Å². The summed E-state index contributed by atoms with van der Waals surface area (Å²) in [5.74, 6) is 0.147. The van der Waals surface area contributed by atoms with Gasteiger partial charge in [-0.1, -0.05) is 12.1 Å². The van der Waals surface area contributed by atoms with Gasteiger partial charge in [-0.05, 0) is 18.6 Å². The first kappa shape index (κ1) is 10.3. The molecule has 1 aromatic carbocycles. The standard InChI is InChI=1S/C13H15N3O/c1-9-3-4-11-6-16(14-13(11)5-9)12-7-15(8-12)10(2)17/h3-6,12H,7-8H2,1-2H3. The zero-order chi connectivity index (χ0) is 12.0. The normalized spacial score (nSPS) is 16.2. The maximum Gasteiger partial charge on any atom is 0.219 e. The summed E-state index contributed by atoms with van der Waals surface area (Å²) in [7, 11) is 0. The zero-order valence-corrected chi connectivity index (χ0v) is 10.1. The number of likely N-dealkylation sites (tertiary alicyclic amines) is 1. The number of hydrogen-bond acceptors (Lipinski definition) is 2. The lowest BCUT2D eigenvalue weighted by Crippen LogP contribution is -2.49. The molecule has 4 nitrogen and oxygen atoms in total. The van der Waals surface area contributed by atoms with Crippen LogP contribution >= 0.6 is 0 Å². The maximum atomic E-state index is 11.1. The van der Waals surface area contributed by atoms with Crippen molar-refractivity contribution in [3.63, 3.8) is 0 Å². The first-order valence-electron chi connectivity index (χ1n) is 5.84. The topological polar surface area (TPSA) is 38.1 Å². The predicted molar refractivity (Wildman–Crippen MR) is 65.8 cm³/mol. The van der Waals surface area contributed by atoms with Crippen LogP contribution in [0.25, 0.3) is 10.9 Å². The number of fused-ring (bicyclic) bond motifs is 1. The summed E-state index contributed by atoms with van der Waals surface area (Å²) >= 11 is 0. The Morgan fingerprint density at radius 3 is 2.88 bits per heavy atom. The van der Waals surface area contributed by atoms with Crippen LogP contribution in [0.5, 0.6) is 0 Å². The van der Waals surface area contributed by atoms with Crippen LogP contribution in [0.3, 0.4) is 0 Å². The minimum Gasteiger partial charge on any atom is -0.339 e. The van der Waals surface area contributed by atoms with Crippen molar-refractivity contribution in [3.8, 4) is 0 Å². The Bertz CT molecular complexity index is 581. The third-order valence-electron chi connectivity index (χ3n) is 3.36. The second-order valence-electron chi connectivity index (χ2n) is 4.75. The van der Waals surface area contributed by atoms with E-state index >= 15 is 0 Å². The zero-order valence-electron chi connectivity index (χ0n) is 10.1. The molecule has 3 rings (SSSR count). The maximum absolute atomic E-state index is 11.1. The Hall–Kier alpha value is -1.84. The number of rotatable bonds is 1. The Morgan fingerprint density at radius 1 is 1.41 bits per heavy atom. The van der Waals surface area contributed by atoms with Crippen molar-refractivity contribution in [1.82, 2.24) is 14.7 Å². The molecule has 1 fully saturated rings. The summed E-state index contributed by atoms with van der Waals surface area (Å²) in [6.45, 7) is 5.24. The van der Waals surface area contributed by atoms with Gasteiger partial charge in [-0.25, -0.2) is 0 Å². The van der Waals surface area contributed by atoms with Crippen molar-refractivity contribution in [2.24, 2.45) is 0 Å². The molecule has 1 aromatic heterocycles. The van der Waals surface area contributed by atoms with Crippen LogP contribution in [-0.4, -0.2) is 33.7 Å². The molecule has 0 saturated carbocycles. The van der Waals surface area contributed by atoms with Crippen LogP contribution in [0.1, 0.15) is 18.5 Å². The van der Waals surface area contributed by atoms with Gasteiger partial charge in [0, 0.05) is 31.6 Å². The fourth-order valence-corrected chi connectivity index (χ4v) is 2.21. The minimum atomic E-state index is 0.147. The quantitative estimate of drug-likeness (QED) is 0.747.